The van der Waals surface area contributed by atoms with Gasteiger partial charge in [-0.15, -0.1) is 0 Å². The van der Waals surface area contributed by atoms with Gasteiger partial charge in [-0.1, -0.05) is 26.0 Å². The molecule has 1 aromatic rings. The summed E-state index contributed by atoms with van der Waals surface area (Å²) >= 11 is 4.00. The number of carboxylic acid groups (broad SMARTS) is 1. The fraction of sp³-hybridized carbons (Fsp3) is 0.542. The van der Waals surface area contributed by atoms with Crippen molar-refractivity contribution in [3.63, 3.8) is 0 Å². The van der Waals surface area contributed by atoms with Crippen LogP contribution in [-0.2, 0) is 25.6 Å². The minimum absolute atomic E-state index is 0.00328. The van der Waals surface area contributed by atoms with Crippen molar-refractivity contribution in [2.24, 2.45) is 28.1 Å². The van der Waals surface area contributed by atoms with Crippen LogP contribution in [0.2, 0.25) is 0 Å². The van der Waals surface area contributed by atoms with E-state index in [1.807, 2.05) is 13.8 Å². The van der Waals surface area contributed by atoms with Gasteiger partial charge in [0.2, 0.25) is 17.7 Å². The highest BCUT2D eigenvalue weighted by atomic mass is 32.1. The van der Waals surface area contributed by atoms with Crippen molar-refractivity contribution in [1.82, 2.24) is 16.0 Å². The molecule has 13 nitrogen and oxygen atoms in total. The van der Waals surface area contributed by atoms with E-state index in [0.717, 1.165) is 0 Å². The first-order valence-electron chi connectivity index (χ1n) is 12.2. The number of aliphatic carboxylic acids is 1. The molecule has 11 N–H and O–H groups in total. The van der Waals surface area contributed by atoms with Gasteiger partial charge in [0, 0.05) is 18.7 Å². The minimum atomic E-state index is -1.20. The molecule has 0 bridgehead atoms. The Kier molecular flexibility index (Phi) is 14.0. The topological polar surface area (TPSA) is 235 Å². The number of guanidine groups is 1. The normalized spacial score (nSPS) is 14.0. The van der Waals surface area contributed by atoms with E-state index in [1.165, 1.54) is 12.1 Å². The van der Waals surface area contributed by atoms with Gasteiger partial charge in [0.1, 0.15) is 23.9 Å². The summed E-state index contributed by atoms with van der Waals surface area (Å²) in [6, 6.07) is 1.61. The van der Waals surface area contributed by atoms with E-state index in [2.05, 4.69) is 33.6 Å². The molecule has 212 valence electrons. The van der Waals surface area contributed by atoms with Crippen molar-refractivity contribution in [2.75, 3.05) is 12.3 Å². The molecule has 14 heteroatoms. The van der Waals surface area contributed by atoms with Gasteiger partial charge < -0.3 is 43.4 Å². The number of nitrogens with one attached hydrogen (secondary N) is 3. The fourth-order valence-corrected chi connectivity index (χ4v) is 3.61. The zero-order chi connectivity index (χ0) is 28.8. The zero-order valence-corrected chi connectivity index (χ0v) is 22.5. The van der Waals surface area contributed by atoms with Crippen LogP contribution in [-0.4, -0.2) is 76.3 Å². The number of carbonyl (C=O) groups excluding carboxylic acids is 3. The standard InChI is InChI=1S/C24H39N7O6S/c1-13(2)10-19(23(36)37)31-22(35)18(11-14-5-7-15(32)8-6-14)30-21(34)17(4-3-9-28-24(26)27)29-20(33)16(25)12-38/h5-8,13,16-19,32,38H,3-4,9-12,25H2,1-2H3,(H,29,33)(H,30,34)(H,31,35)(H,36,37)(H4,26,27,28). The molecule has 38 heavy (non-hydrogen) atoms. The van der Waals surface area contributed by atoms with Crippen LogP contribution >= 0.6 is 12.6 Å². The molecule has 4 atom stereocenters. The third kappa shape index (κ3) is 12.1. The van der Waals surface area contributed by atoms with Crippen LogP contribution in [0.25, 0.3) is 0 Å². The SMILES string of the molecule is CC(C)CC(NC(=O)C(Cc1ccc(O)cc1)NC(=O)C(CCCN=C(N)N)NC(=O)C(N)CS)C(=O)O. The van der Waals surface area contributed by atoms with Crippen LogP contribution in [0, 0.1) is 5.92 Å². The van der Waals surface area contributed by atoms with Gasteiger partial charge in [0.05, 0.1) is 6.04 Å². The lowest BCUT2D eigenvalue weighted by atomic mass is 10.0. The highest BCUT2D eigenvalue weighted by molar-refractivity contribution is 7.80. The second-order valence-electron chi connectivity index (χ2n) is 9.26. The predicted octanol–water partition coefficient (Wildman–Crippen LogP) is -1.17. The molecule has 0 aromatic heterocycles. The lowest BCUT2D eigenvalue weighted by Crippen LogP contribution is -2.57. The molecular formula is C24H39N7O6S. The zero-order valence-electron chi connectivity index (χ0n) is 21.6. The number of benzene rings is 1. The number of carboxylic acids is 1. The van der Waals surface area contributed by atoms with E-state index in [9.17, 15) is 29.4 Å². The van der Waals surface area contributed by atoms with Gasteiger partial charge >= 0.3 is 5.97 Å². The number of rotatable bonds is 16. The Labute approximate surface area is 227 Å². The summed E-state index contributed by atoms with van der Waals surface area (Å²) < 4.78 is 0. The summed E-state index contributed by atoms with van der Waals surface area (Å²) in [5.41, 5.74) is 17.0. The molecule has 0 aliphatic carbocycles. The third-order valence-corrected chi connectivity index (χ3v) is 5.84. The summed E-state index contributed by atoms with van der Waals surface area (Å²) in [5, 5.41) is 26.8. The Morgan fingerprint density at radius 3 is 2.03 bits per heavy atom. The van der Waals surface area contributed by atoms with E-state index in [-0.39, 0.29) is 49.2 Å². The molecule has 3 amide bonds. The number of amides is 3. The van der Waals surface area contributed by atoms with Gasteiger partial charge in [-0.3, -0.25) is 19.4 Å². The molecule has 0 spiro atoms. The number of carbonyl (C=O) groups is 4. The number of hydrogen-bond acceptors (Lipinski definition) is 8. The van der Waals surface area contributed by atoms with Crippen molar-refractivity contribution >= 4 is 42.3 Å². The summed E-state index contributed by atoms with van der Waals surface area (Å²) in [5.74, 6) is -3.26. The highest BCUT2D eigenvalue weighted by Crippen LogP contribution is 2.13. The smallest absolute Gasteiger partial charge is 0.326 e. The number of hydrogen-bond donors (Lipinski definition) is 9. The van der Waals surface area contributed by atoms with E-state index in [0.29, 0.717) is 12.0 Å². The van der Waals surface area contributed by atoms with E-state index in [1.54, 1.807) is 12.1 Å². The maximum Gasteiger partial charge on any atom is 0.326 e. The van der Waals surface area contributed by atoms with Crippen LogP contribution in [0.5, 0.6) is 5.75 Å². The summed E-state index contributed by atoms with van der Waals surface area (Å²) in [4.78, 5) is 54.4. The van der Waals surface area contributed by atoms with Crippen LogP contribution in [0.1, 0.15) is 38.7 Å². The lowest BCUT2D eigenvalue weighted by Gasteiger charge is -2.25. The first-order valence-corrected chi connectivity index (χ1v) is 12.8. The first-order chi connectivity index (χ1) is 17.8. The second-order valence-corrected chi connectivity index (χ2v) is 9.62. The van der Waals surface area contributed by atoms with Crippen LogP contribution in [0.4, 0.5) is 0 Å². The molecule has 0 fully saturated rings. The molecule has 1 aromatic carbocycles. The summed E-state index contributed by atoms with van der Waals surface area (Å²) in [7, 11) is 0. The number of aliphatic imine (C=N–C) groups is 1. The molecule has 4 unspecified atom stereocenters. The Hall–Kier alpha value is -3.52. The minimum Gasteiger partial charge on any atom is -0.508 e. The maximum atomic E-state index is 13.3. The molecule has 0 heterocycles. The van der Waals surface area contributed by atoms with E-state index >= 15 is 0 Å². The number of phenols is 1. The van der Waals surface area contributed by atoms with E-state index in [4.69, 9.17) is 17.2 Å². The monoisotopic (exact) mass is 553 g/mol. The number of nitrogens with zero attached hydrogens (tertiary/aromatic N) is 1. The number of thiol groups is 1. The lowest BCUT2D eigenvalue weighted by molar-refractivity contribution is -0.142. The molecule has 0 saturated heterocycles. The average molecular weight is 554 g/mol. The first kappa shape index (κ1) is 32.5. The Morgan fingerprint density at radius 2 is 1.50 bits per heavy atom. The van der Waals surface area contributed by atoms with Gasteiger partial charge in [0.15, 0.2) is 5.96 Å². The van der Waals surface area contributed by atoms with Gasteiger partial charge in [0.25, 0.3) is 0 Å². The van der Waals surface area contributed by atoms with Crippen molar-refractivity contribution in [3.8, 4) is 5.75 Å². The second kappa shape index (κ2) is 16.3. The number of phenolic OH excluding ortho intramolecular Hbond substituents is 1. The predicted molar refractivity (Wildman–Crippen MR) is 146 cm³/mol. The summed E-state index contributed by atoms with van der Waals surface area (Å²) in [6.45, 7) is 3.85. The quantitative estimate of drug-likeness (QED) is 0.0518. The number of aromatic hydroxyl groups is 1. The Morgan fingerprint density at radius 1 is 0.947 bits per heavy atom. The third-order valence-electron chi connectivity index (χ3n) is 5.44. The maximum absolute atomic E-state index is 13.3. The van der Waals surface area contributed by atoms with Crippen molar-refractivity contribution in [1.29, 1.82) is 0 Å². The van der Waals surface area contributed by atoms with E-state index < -0.39 is 47.9 Å². The Balaban J connectivity index is 3.17. The van der Waals surface area contributed by atoms with Crippen molar-refractivity contribution in [2.45, 2.75) is 63.7 Å². The average Bonchev–Trinajstić information content (AvgIpc) is 2.84. The summed E-state index contributed by atoms with van der Waals surface area (Å²) in [6.07, 6.45) is 0.645. The molecule has 0 saturated carbocycles. The molecule has 0 aliphatic rings. The Bertz CT molecular complexity index is 970. The fourth-order valence-electron chi connectivity index (χ4n) is 3.45. The van der Waals surface area contributed by atoms with Crippen LogP contribution < -0.4 is 33.2 Å². The van der Waals surface area contributed by atoms with Gasteiger partial charge in [-0.05, 0) is 42.9 Å². The molecular weight excluding hydrogens is 514 g/mol. The van der Waals surface area contributed by atoms with Crippen LogP contribution in [0.15, 0.2) is 29.3 Å². The number of nitrogens with two attached hydrogens (primary N) is 3. The van der Waals surface area contributed by atoms with Crippen LogP contribution in [0.3, 0.4) is 0 Å². The molecule has 1 rings (SSSR count). The van der Waals surface area contributed by atoms with Crippen molar-refractivity contribution in [3.05, 3.63) is 29.8 Å². The van der Waals surface area contributed by atoms with Gasteiger partial charge in [-0.2, -0.15) is 12.6 Å². The molecule has 0 aliphatic heterocycles. The highest BCUT2D eigenvalue weighted by Gasteiger charge is 2.30. The van der Waals surface area contributed by atoms with Crippen molar-refractivity contribution < 1.29 is 29.4 Å². The largest absolute Gasteiger partial charge is 0.508 e. The van der Waals surface area contributed by atoms with Gasteiger partial charge in [-0.25, -0.2) is 4.79 Å². The molecule has 0 radical (unpaired) electrons.